The fourth-order valence-corrected chi connectivity index (χ4v) is 3.97. The molecule has 1 aliphatic rings. The van der Waals surface area contributed by atoms with E-state index in [1.54, 1.807) is 0 Å². The maximum absolute atomic E-state index is 6.38. The summed E-state index contributed by atoms with van der Waals surface area (Å²) >= 11 is 2.34. The zero-order valence-electron chi connectivity index (χ0n) is 15.7. The number of rotatable bonds is 6. The van der Waals surface area contributed by atoms with Gasteiger partial charge in [-0.1, -0.05) is 60.7 Å². The Morgan fingerprint density at radius 1 is 0.857 bits per heavy atom. The van der Waals surface area contributed by atoms with Crippen LogP contribution in [-0.4, -0.2) is 6.10 Å². The molecule has 142 valence electrons. The van der Waals surface area contributed by atoms with Gasteiger partial charge < -0.3 is 9.47 Å². The lowest BCUT2D eigenvalue weighted by Crippen LogP contribution is -2.21. The largest absolute Gasteiger partial charge is 0.489 e. The summed E-state index contributed by atoms with van der Waals surface area (Å²) in [6.07, 6.45) is 5.73. The zero-order valence-corrected chi connectivity index (χ0v) is 17.8. The molecule has 4 rings (SSSR count). The quantitative estimate of drug-likeness (QED) is 0.357. The van der Waals surface area contributed by atoms with E-state index < -0.39 is 0 Å². The molecule has 0 heterocycles. The molecule has 0 amide bonds. The van der Waals surface area contributed by atoms with Crippen molar-refractivity contribution in [2.45, 2.75) is 32.0 Å². The fourth-order valence-electron chi connectivity index (χ4n) is 3.45. The second-order valence-corrected chi connectivity index (χ2v) is 8.09. The molecule has 0 bridgehead atoms. The molecular formula is C25H23IO2. The maximum atomic E-state index is 6.38. The van der Waals surface area contributed by atoms with E-state index in [0.717, 1.165) is 34.3 Å². The van der Waals surface area contributed by atoms with Crippen LogP contribution in [0.5, 0.6) is 11.5 Å². The topological polar surface area (TPSA) is 18.5 Å². The van der Waals surface area contributed by atoms with E-state index in [4.69, 9.17) is 9.47 Å². The summed E-state index contributed by atoms with van der Waals surface area (Å²) in [5.74, 6) is 1.85. The Labute approximate surface area is 180 Å². The smallest absolute Gasteiger partial charge is 0.133 e. The van der Waals surface area contributed by atoms with E-state index in [-0.39, 0.29) is 6.10 Å². The van der Waals surface area contributed by atoms with E-state index in [9.17, 15) is 0 Å². The number of ether oxygens (including phenoxy) is 2. The molecule has 3 heteroatoms. The van der Waals surface area contributed by atoms with Crippen LogP contribution in [0.1, 0.15) is 30.4 Å². The van der Waals surface area contributed by atoms with E-state index in [2.05, 4.69) is 77.2 Å². The number of hydrogen-bond donors (Lipinski definition) is 0. The molecule has 0 aromatic heterocycles. The molecule has 3 aromatic rings. The van der Waals surface area contributed by atoms with Crippen molar-refractivity contribution in [2.24, 2.45) is 0 Å². The van der Waals surface area contributed by atoms with Crippen LogP contribution in [0.15, 0.2) is 84.9 Å². The summed E-state index contributed by atoms with van der Waals surface area (Å²) in [5.41, 5.74) is 3.66. The average Bonchev–Trinajstić information content (AvgIpc) is 2.75. The molecule has 1 atom stereocenters. The Morgan fingerprint density at radius 2 is 1.61 bits per heavy atom. The van der Waals surface area contributed by atoms with Gasteiger partial charge in [-0.15, -0.1) is 0 Å². The molecule has 0 fully saturated rings. The van der Waals surface area contributed by atoms with E-state index >= 15 is 0 Å². The van der Waals surface area contributed by atoms with E-state index in [0.29, 0.717) is 6.61 Å². The zero-order chi connectivity index (χ0) is 19.2. The first-order valence-electron chi connectivity index (χ1n) is 9.68. The second-order valence-electron chi connectivity index (χ2n) is 6.93. The van der Waals surface area contributed by atoms with Crippen molar-refractivity contribution in [3.05, 3.63) is 99.6 Å². The summed E-state index contributed by atoms with van der Waals surface area (Å²) in [7, 11) is 0. The van der Waals surface area contributed by atoms with Gasteiger partial charge in [-0.25, -0.2) is 0 Å². The average molecular weight is 482 g/mol. The highest BCUT2D eigenvalue weighted by Gasteiger charge is 2.21. The highest BCUT2D eigenvalue weighted by atomic mass is 127. The van der Waals surface area contributed by atoms with Crippen molar-refractivity contribution in [2.75, 3.05) is 0 Å². The summed E-state index contributed by atoms with van der Waals surface area (Å²) in [6.45, 7) is 0.584. The van der Waals surface area contributed by atoms with Gasteiger partial charge in [0.15, 0.2) is 0 Å². The Bertz CT molecular complexity index is 932. The van der Waals surface area contributed by atoms with Crippen LogP contribution in [-0.2, 0) is 6.61 Å². The lowest BCUT2D eigenvalue weighted by molar-refractivity contribution is 0.238. The van der Waals surface area contributed by atoms with Crippen molar-refractivity contribution in [1.82, 2.24) is 0 Å². The van der Waals surface area contributed by atoms with Crippen molar-refractivity contribution >= 4 is 28.2 Å². The van der Waals surface area contributed by atoms with Crippen LogP contribution in [0.4, 0.5) is 0 Å². The predicted octanol–water partition coefficient (Wildman–Crippen LogP) is 6.89. The first-order valence-corrected chi connectivity index (χ1v) is 10.8. The summed E-state index contributed by atoms with van der Waals surface area (Å²) in [6, 6.07) is 26.8. The number of hydrogen-bond acceptors (Lipinski definition) is 2. The van der Waals surface area contributed by atoms with Crippen molar-refractivity contribution in [1.29, 1.82) is 0 Å². The van der Waals surface area contributed by atoms with E-state index in [1.165, 1.54) is 16.7 Å². The van der Waals surface area contributed by atoms with Crippen LogP contribution in [0, 0.1) is 3.57 Å². The van der Waals surface area contributed by atoms with Gasteiger partial charge in [-0.2, -0.15) is 0 Å². The lowest BCUT2D eigenvalue weighted by atomic mass is 9.91. The summed E-state index contributed by atoms with van der Waals surface area (Å²) in [4.78, 5) is 0. The Hall–Kier alpha value is -2.27. The Kier molecular flexibility index (Phi) is 6.32. The molecule has 28 heavy (non-hydrogen) atoms. The minimum absolute atomic E-state index is 0.0979. The van der Waals surface area contributed by atoms with Crippen LogP contribution in [0.3, 0.4) is 0 Å². The van der Waals surface area contributed by atoms with Crippen molar-refractivity contribution in [3.8, 4) is 11.5 Å². The van der Waals surface area contributed by atoms with Crippen molar-refractivity contribution < 1.29 is 9.47 Å². The number of para-hydroxylation sites is 1. The van der Waals surface area contributed by atoms with Gasteiger partial charge in [0.1, 0.15) is 24.2 Å². The standard InChI is InChI=1S/C25H23IO2/c26-23-11-5-7-13-25(23)28-24-12-6-4-10-22(24)20-14-16-21(17-15-20)27-18-19-8-2-1-3-9-19/h1-3,5,7-11,13-17,24H,4,6,12,18H2/t24-/m0/s1. The number of allylic oxidation sites excluding steroid dienone is 1. The minimum atomic E-state index is 0.0979. The lowest BCUT2D eigenvalue weighted by Gasteiger charge is -2.26. The molecule has 0 spiro atoms. The third-order valence-corrected chi connectivity index (χ3v) is 5.81. The first-order chi connectivity index (χ1) is 13.8. The normalized spacial score (nSPS) is 16.3. The molecule has 1 aliphatic carbocycles. The summed E-state index contributed by atoms with van der Waals surface area (Å²) < 4.78 is 13.5. The van der Waals surface area contributed by atoms with E-state index in [1.807, 2.05) is 30.3 Å². The van der Waals surface area contributed by atoms with Gasteiger partial charge in [-0.3, -0.25) is 0 Å². The molecule has 3 aromatic carbocycles. The SMILES string of the molecule is Ic1ccccc1O[C@H]1CCCC=C1c1ccc(OCc2ccccc2)cc1. The molecule has 0 saturated carbocycles. The fraction of sp³-hybridized carbons (Fsp3) is 0.200. The van der Waals surface area contributed by atoms with Gasteiger partial charge in [0.05, 0.1) is 3.57 Å². The van der Waals surface area contributed by atoms with Gasteiger partial charge in [0, 0.05) is 0 Å². The monoisotopic (exact) mass is 482 g/mol. The van der Waals surface area contributed by atoms with Gasteiger partial charge in [0.25, 0.3) is 0 Å². The maximum Gasteiger partial charge on any atom is 0.133 e. The Balaban J connectivity index is 1.46. The highest BCUT2D eigenvalue weighted by Crippen LogP contribution is 2.33. The number of halogens is 1. The van der Waals surface area contributed by atoms with Crippen molar-refractivity contribution in [3.63, 3.8) is 0 Å². The summed E-state index contributed by atoms with van der Waals surface area (Å²) in [5, 5.41) is 0. The van der Waals surface area contributed by atoms with Crippen LogP contribution in [0.2, 0.25) is 0 Å². The highest BCUT2D eigenvalue weighted by molar-refractivity contribution is 14.1. The Morgan fingerprint density at radius 3 is 2.39 bits per heavy atom. The van der Waals surface area contributed by atoms with Crippen LogP contribution in [0.25, 0.3) is 5.57 Å². The molecule has 0 saturated heterocycles. The molecule has 0 aliphatic heterocycles. The minimum Gasteiger partial charge on any atom is -0.489 e. The number of benzene rings is 3. The third-order valence-electron chi connectivity index (χ3n) is 4.92. The van der Waals surface area contributed by atoms with Crippen LogP contribution >= 0.6 is 22.6 Å². The molecule has 0 N–H and O–H groups in total. The third kappa shape index (κ3) is 4.76. The molecule has 0 radical (unpaired) electrons. The van der Waals surface area contributed by atoms with Gasteiger partial charge in [-0.05, 0) is 82.8 Å². The predicted molar refractivity (Wildman–Crippen MR) is 123 cm³/mol. The first kappa shape index (κ1) is 19.1. The van der Waals surface area contributed by atoms with Crippen LogP contribution < -0.4 is 9.47 Å². The van der Waals surface area contributed by atoms with Gasteiger partial charge >= 0.3 is 0 Å². The molecule has 2 nitrogen and oxygen atoms in total. The second kappa shape index (κ2) is 9.28. The van der Waals surface area contributed by atoms with Gasteiger partial charge in [0.2, 0.25) is 0 Å². The molecule has 0 unspecified atom stereocenters. The molecular weight excluding hydrogens is 459 g/mol.